The highest BCUT2D eigenvalue weighted by Gasteiger charge is 2.16. The molecule has 0 radical (unpaired) electrons. The molecule has 0 spiro atoms. The third kappa shape index (κ3) is 5.20. The van der Waals surface area contributed by atoms with E-state index in [2.05, 4.69) is 20.9 Å². The molecule has 0 saturated heterocycles. The summed E-state index contributed by atoms with van der Waals surface area (Å²) < 4.78 is 4.79. The summed E-state index contributed by atoms with van der Waals surface area (Å²) in [5, 5.41) is 8.89. The van der Waals surface area contributed by atoms with Gasteiger partial charge in [0.1, 0.15) is 5.82 Å². The van der Waals surface area contributed by atoms with Crippen molar-refractivity contribution in [1.29, 1.82) is 0 Å². The minimum absolute atomic E-state index is 0.230. The van der Waals surface area contributed by atoms with Crippen LogP contribution in [-0.2, 0) is 4.74 Å². The highest BCUT2D eigenvalue weighted by molar-refractivity contribution is 5.96. The largest absolute Gasteiger partial charge is 0.465 e. The van der Waals surface area contributed by atoms with E-state index in [1.807, 2.05) is 6.07 Å². The van der Waals surface area contributed by atoms with E-state index in [4.69, 9.17) is 4.74 Å². The first-order valence-electron chi connectivity index (χ1n) is 9.13. The van der Waals surface area contributed by atoms with E-state index in [-0.39, 0.29) is 12.1 Å². The smallest absolute Gasteiger partial charge is 0.339 e. The molecule has 1 heterocycles. The topological polar surface area (TPSA) is 92.4 Å². The number of hydrogen-bond acceptors (Lipinski definition) is 5. The minimum atomic E-state index is -0.413. The van der Waals surface area contributed by atoms with Gasteiger partial charge in [0.2, 0.25) is 0 Å². The summed E-state index contributed by atoms with van der Waals surface area (Å²) in [6.45, 7) is 0. The van der Waals surface area contributed by atoms with Crippen LogP contribution in [0.2, 0.25) is 0 Å². The highest BCUT2D eigenvalue weighted by Crippen LogP contribution is 2.22. The van der Waals surface area contributed by atoms with Crippen molar-refractivity contribution in [2.45, 2.75) is 38.1 Å². The standard InChI is InChI=1S/C20H24N4O3/c1-27-19(25)16-9-5-6-10-17(16)22-15-11-12-18(21-13-15)24-20(26)23-14-7-3-2-4-8-14/h5-6,9-14,22H,2-4,7-8H2,1H3,(H2,21,23,24,26). The fourth-order valence-electron chi connectivity index (χ4n) is 3.16. The van der Waals surface area contributed by atoms with Crippen LogP contribution >= 0.6 is 0 Å². The molecule has 0 unspecified atom stereocenters. The first-order valence-corrected chi connectivity index (χ1v) is 9.13. The number of methoxy groups -OCH3 is 1. The van der Waals surface area contributed by atoms with Gasteiger partial charge in [0.25, 0.3) is 0 Å². The molecule has 0 aliphatic heterocycles. The van der Waals surface area contributed by atoms with Gasteiger partial charge in [-0.05, 0) is 37.1 Å². The maximum Gasteiger partial charge on any atom is 0.339 e. The number of amides is 2. The monoisotopic (exact) mass is 368 g/mol. The zero-order chi connectivity index (χ0) is 19.1. The van der Waals surface area contributed by atoms with E-state index in [0.717, 1.165) is 25.7 Å². The Balaban J connectivity index is 1.59. The van der Waals surface area contributed by atoms with Crippen LogP contribution in [0, 0.1) is 0 Å². The van der Waals surface area contributed by atoms with Crippen molar-refractivity contribution in [2.24, 2.45) is 0 Å². The fourth-order valence-corrected chi connectivity index (χ4v) is 3.16. The van der Waals surface area contributed by atoms with Gasteiger partial charge in [-0.15, -0.1) is 0 Å². The van der Waals surface area contributed by atoms with Crippen LogP contribution in [0.3, 0.4) is 0 Å². The Kier molecular flexibility index (Phi) is 6.25. The van der Waals surface area contributed by atoms with Gasteiger partial charge in [0, 0.05) is 6.04 Å². The van der Waals surface area contributed by atoms with Crippen molar-refractivity contribution < 1.29 is 14.3 Å². The number of rotatable bonds is 5. The lowest BCUT2D eigenvalue weighted by atomic mass is 9.96. The molecule has 2 amide bonds. The Labute approximate surface area is 158 Å². The predicted molar refractivity (Wildman–Crippen MR) is 104 cm³/mol. The van der Waals surface area contributed by atoms with E-state index in [1.165, 1.54) is 13.5 Å². The van der Waals surface area contributed by atoms with Crippen molar-refractivity contribution in [3.8, 4) is 0 Å². The Hall–Kier alpha value is -3.09. The van der Waals surface area contributed by atoms with Crippen molar-refractivity contribution in [3.63, 3.8) is 0 Å². The van der Waals surface area contributed by atoms with E-state index < -0.39 is 5.97 Å². The average molecular weight is 368 g/mol. The maximum atomic E-state index is 12.1. The first kappa shape index (κ1) is 18.7. The number of urea groups is 1. The van der Waals surface area contributed by atoms with Crippen LogP contribution < -0.4 is 16.0 Å². The summed E-state index contributed by atoms with van der Waals surface area (Å²) in [4.78, 5) is 28.2. The molecule has 1 aliphatic carbocycles. The second kappa shape index (κ2) is 9.02. The number of carbonyl (C=O) groups excluding carboxylic acids is 2. The molecule has 7 heteroatoms. The van der Waals surface area contributed by atoms with Crippen molar-refractivity contribution in [3.05, 3.63) is 48.2 Å². The number of anilines is 3. The summed E-state index contributed by atoms with van der Waals surface area (Å²) in [7, 11) is 1.35. The van der Waals surface area contributed by atoms with Crippen molar-refractivity contribution in [1.82, 2.24) is 10.3 Å². The van der Waals surface area contributed by atoms with Crippen molar-refractivity contribution >= 4 is 29.2 Å². The van der Waals surface area contributed by atoms with Crippen LogP contribution in [0.5, 0.6) is 0 Å². The number of pyridine rings is 1. The molecule has 1 aromatic carbocycles. The normalized spacial score (nSPS) is 14.3. The minimum Gasteiger partial charge on any atom is -0.465 e. The van der Waals surface area contributed by atoms with Gasteiger partial charge in [-0.1, -0.05) is 31.4 Å². The van der Waals surface area contributed by atoms with Gasteiger partial charge in [-0.2, -0.15) is 0 Å². The highest BCUT2D eigenvalue weighted by atomic mass is 16.5. The van der Waals surface area contributed by atoms with Gasteiger partial charge in [-0.3, -0.25) is 5.32 Å². The second-order valence-electron chi connectivity index (χ2n) is 6.53. The van der Waals surface area contributed by atoms with Gasteiger partial charge < -0.3 is 15.4 Å². The van der Waals surface area contributed by atoms with E-state index in [0.29, 0.717) is 22.8 Å². The second-order valence-corrected chi connectivity index (χ2v) is 6.53. The molecule has 142 valence electrons. The van der Waals surface area contributed by atoms with Gasteiger partial charge in [-0.25, -0.2) is 14.6 Å². The number of nitrogens with one attached hydrogen (secondary N) is 3. The Morgan fingerprint density at radius 1 is 1.07 bits per heavy atom. The molecular formula is C20H24N4O3. The molecule has 1 aliphatic rings. The number of aromatic nitrogens is 1. The summed E-state index contributed by atoms with van der Waals surface area (Å²) >= 11 is 0. The predicted octanol–water partition coefficient (Wildman–Crippen LogP) is 4.07. The molecule has 1 saturated carbocycles. The number of esters is 1. The number of ether oxygens (including phenoxy) is 1. The Morgan fingerprint density at radius 3 is 2.56 bits per heavy atom. The van der Waals surface area contributed by atoms with Crippen molar-refractivity contribution in [2.75, 3.05) is 17.7 Å². The van der Waals surface area contributed by atoms with Crippen LogP contribution in [0.15, 0.2) is 42.6 Å². The molecule has 0 atom stereocenters. The lowest BCUT2D eigenvalue weighted by molar-refractivity contribution is 0.0602. The van der Waals surface area contributed by atoms with Gasteiger partial charge in [0.05, 0.1) is 30.2 Å². The SMILES string of the molecule is COC(=O)c1ccccc1Nc1ccc(NC(=O)NC2CCCCC2)nc1. The summed E-state index contributed by atoms with van der Waals surface area (Å²) in [5.74, 6) is 0.0545. The molecule has 0 bridgehead atoms. The van der Waals surface area contributed by atoms with Crippen LogP contribution in [0.1, 0.15) is 42.5 Å². The third-order valence-corrected chi connectivity index (χ3v) is 4.56. The number of benzene rings is 1. The molecule has 27 heavy (non-hydrogen) atoms. The summed E-state index contributed by atoms with van der Waals surface area (Å²) in [6, 6.07) is 10.6. The lowest BCUT2D eigenvalue weighted by Crippen LogP contribution is -2.39. The maximum absolute atomic E-state index is 12.1. The fraction of sp³-hybridized carbons (Fsp3) is 0.350. The molecule has 3 N–H and O–H groups in total. The Bertz CT molecular complexity index is 786. The van der Waals surface area contributed by atoms with Gasteiger partial charge in [0.15, 0.2) is 0 Å². The quantitative estimate of drug-likeness (QED) is 0.692. The number of para-hydroxylation sites is 1. The van der Waals surface area contributed by atoms with Crippen LogP contribution in [-0.4, -0.2) is 30.1 Å². The zero-order valence-electron chi connectivity index (χ0n) is 15.3. The lowest BCUT2D eigenvalue weighted by Gasteiger charge is -2.22. The molecule has 2 aromatic rings. The molecule has 3 rings (SSSR count). The van der Waals surface area contributed by atoms with Crippen LogP contribution in [0.4, 0.5) is 22.0 Å². The Morgan fingerprint density at radius 2 is 1.85 bits per heavy atom. The molecule has 1 aromatic heterocycles. The first-order chi connectivity index (χ1) is 13.2. The van der Waals surface area contributed by atoms with E-state index >= 15 is 0 Å². The van der Waals surface area contributed by atoms with E-state index in [1.54, 1.807) is 36.5 Å². The van der Waals surface area contributed by atoms with E-state index in [9.17, 15) is 9.59 Å². The summed E-state index contributed by atoms with van der Waals surface area (Å²) in [6.07, 6.45) is 7.24. The molecular weight excluding hydrogens is 344 g/mol. The van der Waals surface area contributed by atoms with Crippen LogP contribution in [0.25, 0.3) is 0 Å². The number of nitrogens with zero attached hydrogens (tertiary/aromatic N) is 1. The zero-order valence-corrected chi connectivity index (χ0v) is 15.3. The molecule has 1 fully saturated rings. The number of carbonyl (C=O) groups is 2. The van der Waals surface area contributed by atoms with Gasteiger partial charge >= 0.3 is 12.0 Å². The summed E-state index contributed by atoms with van der Waals surface area (Å²) in [5.41, 5.74) is 1.76. The number of hydrogen-bond donors (Lipinski definition) is 3. The third-order valence-electron chi connectivity index (χ3n) is 4.56. The average Bonchev–Trinajstić information content (AvgIpc) is 2.70. The molecule has 7 nitrogen and oxygen atoms in total.